The number of nitrogens with one attached hydrogen (secondary N) is 1. The van der Waals surface area contributed by atoms with E-state index >= 15 is 0 Å². The van der Waals surface area contributed by atoms with Crippen LogP contribution in [-0.4, -0.2) is 28.5 Å². The average molecular weight is 258 g/mol. The predicted octanol–water partition coefficient (Wildman–Crippen LogP) is 1.14. The fourth-order valence-electron chi connectivity index (χ4n) is 1.76. The van der Waals surface area contributed by atoms with Crippen molar-refractivity contribution in [2.24, 2.45) is 5.84 Å². The number of hydrogen-bond donors (Lipinski definition) is 2. The molecule has 2 heterocycles. The maximum Gasteiger partial charge on any atom is 0.145 e. The van der Waals surface area contributed by atoms with E-state index < -0.39 is 0 Å². The molecule has 0 saturated heterocycles. The van der Waals surface area contributed by atoms with Crippen molar-refractivity contribution in [3.05, 3.63) is 42.0 Å². The standard InChI is InChI=1S/C13H18N6/c1-10-16-12(18-14)9-13(17-10)19(2)8-6-11-5-3-4-7-15-11/h3-5,7,9H,6,8,14H2,1-2H3,(H,16,17,18). The first-order chi connectivity index (χ1) is 9.19. The number of nitrogens with zero attached hydrogens (tertiary/aromatic N) is 4. The lowest BCUT2D eigenvalue weighted by atomic mass is 10.2. The van der Waals surface area contributed by atoms with Crippen LogP contribution in [0.1, 0.15) is 11.5 Å². The van der Waals surface area contributed by atoms with Crippen LogP contribution in [0, 0.1) is 6.92 Å². The van der Waals surface area contributed by atoms with Gasteiger partial charge in [0.05, 0.1) is 0 Å². The molecule has 100 valence electrons. The molecule has 0 unspecified atom stereocenters. The van der Waals surface area contributed by atoms with E-state index in [1.54, 1.807) is 6.20 Å². The van der Waals surface area contributed by atoms with Crippen LogP contribution >= 0.6 is 0 Å². The summed E-state index contributed by atoms with van der Waals surface area (Å²) in [6.07, 6.45) is 2.67. The van der Waals surface area contributed by atoms with Gasteiger partial charge < -0.3 is 10.3 Å². The normalized spacial score (nSPS) is 10.3. The zero-order valence-electron chi connectivity index (χ0n) is 11.2. The van der Waals surface area contributed by atoms with Gasteiger partial charge in [-0.2, -0.15) is 0 Å². The fourth-order valence-corrected chi connectivity index (χ4v) is 1.76. The summed E-state index contributed by atoms with van der Waals surface area (Å²) in [6, 6.07) is 7.76. The van der Waals surface area contributed by atoms with Gasteiger partial charge in [0.2, 0.25) is 0 Å². The molecular weight excluding hydrogens is 240 g/mol. The van der Waals surface area contributed by atoms with Gasteiger partial charge in [-0.25, -0.2) is 15.8 Å². The number of pyridine rings is 1. The van der Waals surface area contributed by atoms with Crippen LogP contribution in [0.2, 0.25) is 0 Å². The molecule has 0 radical (unpaired) electrons. The summed E-state index contributed by atoms with van der Waals surface area (Å²) in [7, 11) is 1.99. The second-order valence-corrected chi connectivity index (χ2v) is 4.30. The summed E-state index contributed by atoms with van der Waals surface area (Å²) in [5, 5.41) is 0. The highest BCUT2D eigenvalue weighted by atomic mass is 15.3. The first-order valence-corrected chi connectivity index (χ1v) is 6.12. The molecule has 2 aromatic heterocycles. The summed E-state index contributed by atoms with van der Waals surface area (Å²) in [5.41, 5.74) is 3.61. The topological polar surface area (TPSA) is 80.0 Å². The quantitative estimate of drug-likeness (QED) is 0.618. The molecule has 0 spiro atoms. The molecule has 3 N–H and O–H groups in total. The number of anilines is 2. The zero-order valence-corrected chi connectivity index (χ0v) is 11.2. The van der Waals surface area contributed by atoms with E-state index in [9.17, 15) is 0 Å². The molecule has 0 aliphatic rings. The number of aryl methyl sites for hydroxylation is 1. The highest BCUT2D eigenvalue weighted by molar-refractivity contribution is 5.48. The van der Waals surface area contributed by atoms with Crippen molar-refractivity contribution >= 4 is 11.6 Å². The van der Waals surface area contributed by atoms with Crippen LogP contribution in [0.25, 0.3) is 0 Å². The van der Waals surface area contributed by atoms with Gasteiger partial charge in [0.25, 0.3) is 0 Å². The lowest BCUT2D eigenvalue weighted by Gasteiger charge is -2.18. The minimum Gasteiger partial charge on any atom is -0.359 e. The van der Waals surface area contributed by atoms with Crippen molar-refractivity contribution in [3.8, 4) is 0 Å². The fraction of sp³-hybridized carbons (Fsp3) is 0.308. The Hall–Kier alpha value is -2.21. The molecule has 0 aliphatic heterocycles. The Balaban J connectivity index is 2.03. The average Bonchev–Trinajstić information content (AvgIpc) is 2.45. The van der Waals surface area contributed by atoms with Crippen LogP contribution < -0.4 is 16.2 Å². The molecule has 0 saturated carbocycles. The third kappa shape index (κ3) is 3.62. The Morgan fingerprint density at radius 2 is 2.16 bits per heavy atom. The monoisotopic (exact) mass is 258 g/mol. The number of hydrazine groups is 1. The van der Waals surface area contributed by atoms with Crippen molar-refractivity contribution in [2.75, 3.05) is 23.9 Å². The van der Waals surface area contributed by atoms with Gasteiger partial charge in [0.1, 0.15) is 17.5 Å². The largest absolute Gasteiger partial charge is 0.359 e. The molecule has 6 nitrogen and oxygen atoms in total. The van der Waals surface area contributed by atoms with E-state index in [0.29, 0.717) is 11.6 Å². The lowest BCUT2D eigenvalue weighted by molar-refractivity contribution is 0.831. The van der Waals surface area contributed by atoms with E-state index in [-0.39, 0.29) is 0 Å². The third-order valence-corrected chi connectivity index (χ3v) is 2.79. The Morgan fingerprint density at radius 3 is 2.84 bits per heavy atom. The Labute approximate surface area is 112 Å². The van der Waals surface area contributed by atoms with E-state index in [4.69, 9.17) is 5.84 Å². The molecule has 2 rings (SSSR count). The molecule has 0 amide bonds. The highest BCUT2D eigenvalue weighted by Crippen LogP contribution is 2.14. The van der Waals surface area contributed by atoms with Crippen LogP contribution in [0.4, 0.5) is 11.6 Å². The van der Waals surface area contributed by atoms with Gasteiger partial charge in [-0.05, 0) is 19.1 Å². The van der Waals surface area contributed by atoms with Gasteiger partial charge in [-0.1, -0.05) is 6.07 Å². The molecule has 19 heavy (non-hydrogen) atoms. The van der Waals surface area contributed by atoms with Crippen LogP contribution in [0.3, 0.4) is 0 Å². The summed E-state index contributed by atoms with van der Waals surface area (Å²) in [4.78, 5) is 14.9. The van der Waals surface area contributed by atoms with E-state index in [2.05, 4.69) is 25.3 Å². The van der Waals surface area contributed by atoms with Crippen LogP contribution in [0.15, 0.2) is 30.5 Å². The van der Waals surface area contributed by atoms with Crippen molar-refractivity contribution < 1.29 is 0 Å². The summed E-state index contributed by atoms with van der Waals surface area (Å²) in [6.45, 7) is 2.68. The first kappa shape index (κ1) is 13.2. The van der Waals surface area contributed by atoms with Gasteiger partial charge in [0.15, 0.2) is 0 Å². The maximum atomic E-state index is 5.38. The Bertz CT molecular complexity index is 528. The Kier molecular flexibility index (Phi) is 4.25. The summed E-state index contributed by atoms with van der Waals surface area (Å²) >= 11 is 0. The number of aromatic nitrogens is 3. The molecule has 0 aliphatic carbocycles. The van der Waals surface area contributed by atoms with E-state index in [1.165, 1.54) is 0 Å². The molecule has 0 bridgehead atoms. The van der Waals surface area contributed by atoms with Crippen molar-refractivity contribution in [1.82, 2.24) is 15.0 Å². The molecule has 0 fully saturated rings. The second-order valence-electron chi connectivity index (χ2n) is 4.30. The number of nitrogen functional groups attached to an aromatic ring is 1. The third-order valence-electron chi connectivity index (χ3n) is 2.79. The minimum atomic E-state index is 0.618. The molecule has 2 aromatic rings. The van der Waals surface area contributed by atoms with E-state index in [1.807, 2.05) is 38.2 Å². The maximum absolute atomic E-state index is 5.38. The van der Waals surface area contributed by atoms with Crippen molar-refractivity contribution in [2.45, 2.75) is 13.3 Å². The van der Waals surface area contributed by atoms with Crippen molar-refractivity contribution in [3.63, 3.8) is 0 Å². The Morgan fingerprint density at radius 1 is 1.32 bits per heavy atom. The van der Waals surface area contributed by atoms with Gasteiger partial charge >= 0.3 is 0 Å². The predicted molar refractivity (Wildman–Crippen MR) is 75.8 cm³/mol. The minimum absolute atomic E-state index is 0.618. The summed E-state index contributed by atoms with van der Waals surface area (Å²) in [5.74, 6) is 7.54. The zero-order chi connectivity index (χ0) is 13.7. The first-order valence-electron chi connectivity index (χ1n) is 6.12. The molecule has 6 heteroatoms. The number of likely N-dealkylation sites (N-methyl/N-ethyl adjacent to an activating group) is 1. The molecule has 0 atom stereocenters. The highest BCUT2D eigenvalue weighted by Gasteiger charge is 2.06. The molecule has 0 aromatic carbocycles. The number of rotatable bonds is 5. The van der Waals surface area contributed by atoms with Crippen molar-refractivity contribution in [1.29, 1.82) is 0 Å². The number of hydrogen-bond acceptors (Lipinski definition) is 6. The van der Waals surface area contributed by atoms with Crippen LogP contribution in [-0.2, 0) is 6.42 Å². The molecular formula is C13H18N6. The van der Waals surface area contributed by atoms with Gasteiger partial charge in [0, 0.05) is 38.0 Å². The smallest absolute Gasteiger partial charge is 0.145 e. The second kappa shape index (κ2) is 6.10. The SMILES string of the molecule is Cc1nc(NN)cc(N(C)CCc2ccccn2)n1. The lowest BCUT2D eigenvalue weighted by Crippen LogP contribution is -2.23. The summed E-state index contributed by atoms with van der Waals surface area (Å²) < 4.78 is 0. The van der Waals surface area contributed by atoms with E-state index in [0.717, 1.165) is 24.5 Å². The van der Waals surface area contributed by atoms with Gasteiger partial charge in [-0.15, -0.1) is 0 Å². The van der Waals surface area contributed by atoms with Crippen LogP contribution in [0.5, 0.6) is 0 Å². The van der Waals surface area contributed by atoms with Gasteiger partial charge in [-0.3, -0.25) is 4.98 Å². The number of nitrogens with two attached hydrogens (primary N) is 1.